The van der Waals surface area contributed by atoms with Crippen LogP contribution < -0.4 is 4.90 Å². The van der Waals surface area contributed by atoms with E-state index in [0.29, 0.717) is 6.54 Å². The molecule has 1 rings (SSSR count). The number of benzene rings is 1. The van der Waals surface area contributed by atoms with Gasteiger partial charge in [0.05, 0.1) is 11.9 Å². The molecule has 0 aliphatic rings. The van der Waals surface area contributed by atoms with E-state index in [4.69, 9.17) is 5.11 Å². The molecule has 0 atom stereocenters. The predicted molar refractivity (Wildman–Crippen MR) is 72.1 cm³/mol. The van der Waals surface area contributed by atoms with E-state index >= 15 is 0 Å². The van der Waals surface area contributed by atoms with Crippen molar-refractivity contribution in [3.63, 3.8) is 0 Å². The van der Waals surface area contributed by atoms with Crippen LogP contribution in [0.4, 0.5) is 5.69 Å². The second-order valence-corrected chi connectivity index (χ2v) is 4.75. The summed E-state index contributed by atoms with van der Waals surface area (Å²) >= 11 is 6.54. The Morgan fingerprint density at radius 3 is 2.69 bits per heavy atom. The Bertz CT molecular complexity index is 382. The molecule has 16 heavy (non-hydrogen) atoms. The van der Waals surface area contributed by atoms with E-state index in [1.54, 1.807) is 4.90 Å². The first-order valence-electron chi connectivity index (χ1n) is 4.83. The van der Waals surface area contributed by atoms with Crippen molar-refractivity contribution in [3.8, 4) is 0 Å². The number of rotatable bonds is 4. The molecule has 0 bridgehead atoms. The minimum Gasteiger partial charge on any atom is -0.395 e. The molecule has 0 heterocycles. The molecule has 3 nitrogen and oxygen atoms in total. The molecule has 0 saturated heterocycles. The highest BCUT2D eigenvalue weighted by molar-refractivity contribution is 9.10. The molecule has 0 spiro atoms. The molecule has 88 valence electrons. The van der Waals surface area contributed by atoms with Crippen LogP contribution in [-0.4, -0.2) is 29.5 Å². The zero-order chi connectivity index (χ0) is 12.1. The smallest absolute Gasteiger partial charge is 0.237 e. The van der Waals surface area contributed by atoms with Gasteiger partial charge in [0.2, 0.25) is 5.91 Å². The minimum atomic E-state index is -0.0595. The van der Waals surface area contributed by atoms with Crippen LogP contribution in [-0.2, 0) is 4.79 Å². The molecule has 1 N–H and O–H groups in total. The van der Waals surface area contributed by atoms with Crippen LogP contribution in [0.2, 0.25) is 0 Å². The lowest BCUT2D eigenvalue weighted by molar-refractivity contribution is -0.116. The lowest BCUT2D eigenvalue weighted by Gasteiger charge is -2.21. The summed E-state index contributed by atoms with van der Waals surface area (Å²) in [7, 11) is 0. The molecule has 0 radical (unpaired) electrons. The van der Waals surface area contributed by atoms with Gasteiger partial charge in [-0.05, 0) is 30.7 Å². The average Bonchev–Trinajstić information content (AvgIpc) is 2.29. The number of hydrogen-bond donors (Lipinski definition) is 1. The highest BCUT2D eigenvalue weighted by Gasteiger charge is 2.14. The molecule has 1 aromatic rings. The van der Waals surface area contributed by atoms with Gasteiger partial charge in [-0.15, -0.1) is 0 Å². The monoisotopic (exact) mass is 349 g/mol. The number of carbonyl (C=O) groups excluding carboxylic acids is 1. The van der Waals surface area contributed by atoms with Gasteiger partial charge in [0.25, 0.3) is 0 Å². The van der Waals surface area contributed by atoms with Gasteiger partial charge in [0.15, 0.2) is 0 Å². The quantitative estimate of drug-likeness (QED) is 0.847. The normalized spacial score (nSPS) is 10.2. The fourth-order valence-electron chi connectivity index (χ4n) is 1.37. The first-order chi connectivity index (χ1) is 7.60. The summed E-state index contributed by atoms with van der Waals surface area (Å²) in [4.78, 5) is 13.2. The van der Waals surface area contributed by atoms with Gasteiger partial charge in [-0.3, -0.25) is 4.79 Å². The second kappa shape index (κ2) is 6.37. The number of halogens is 2. The first-order valence-corrected chi connectivity index (χ1v) is 6.75. The SMILES string of the molecule is Cc1cc(N(CCO)C(=O)CBr)ccc1Br. The Morgan fingerprint density at radius 1 is 1.50 bits per heavy atom. The maximum atomic E-state index is 11.7. The molecule has 0 saturated carbocycles. The Kier molecular flexibility index (Phi) is 5.44. The van der Waals surface area contributed by atoms with Crippen LogP contribution >= 0.6 is 31.9 Å². The third-order valence-corrected chi connectivity index (χ3v) is 3.56. The molecule has 5 heteroatoms. The minimum absolute atomic E-state index is 0.0478. The van der Waals surface area contributed by atoms with Crippen molar-refractivity contribution < 1.29 is 9.90 Å². The fraction of sp³-hybridized carbons (Fsp3) is 0.364. The topological polar surface area (TPSA) is 40.5 Å². The lowest BCUT2D eigenvalue weighted by atomic mass is 10.2. The van der Waals surface area contributed by atoms with Crippen molar-refractivity contribution in [3.05, 3.63) is 28.2 Å². The maximum Gasteiger partial charge on any atom is 0.237 e. The number of hydrogen-bond acceptors (Lipinski definition) is 2. The second-order valence-electron chi connectivity index (χ2n) is 3.34. The number of aliphatic hydroxyl groups is 1. The molecule has 0 unspecified atom stereocenters. The maximum absolute atomic E-state index is 11.7. The highest BCUT2D eigenvalue weighted by Crippen LogP contribution is 2.23. The van der Waals surface area contributed by atoms with Crippen LogP contribution in [0, 0.1) is 6.92 Å². The van der Waals surface area contributed by atoms with E-state index in [1.165, 1.54) is 0 Å². The van der Waals surface area contributed by atoms with Crippen LogP contribution in [0.15, 0.2) is 22.7 Å². The Morgan fingerprint density at radius 2 is 2.19 bits per heavy atom. The number of nitrogens with zero attached hydrogens (tertiary/aromatic N) is 1. The van der Waals surface area contributed by atoms with E-state index in [2.05, 4.69) is 31.9 Å². The largest absolute Gasteiger partial charge is 0.395 e. The van der Waals surface area contributed by atoms with Crippen molar-refractivity contribution in [2.75, 3.05) is 23.4 Å². The molecule has 0 aromatic heterocycles. The zero-order valence-electron chi connectivity index (χ0n) is 8.91. The summed E-state index contributed by atoms with van der Waals surface area (Å²) < 4.78 is 1.01. The molecule has 1 aromatic carbocycles. The van der Waals surface area contributed by atoms with E-state index in [1.807, 2.05) is 25.1 Å². The van der Waals surface area contributed by atoms with Crippen molar-refractivity contribution in [1.82, 2.24) is 0 Å². The van der Waals surface area contributed by atoms with Gasteiger partial charge in [-0.2, -0.15) is 0 Å². The number of anilines is 1. The lowest BCUT2D eigenvalue weighted by Crippen LogP contribution is -2.34. The third-order valence-electron chi connectivity index (χ3n) is 2.19. The molecule has 0 aliphatic heterocycles. The van der Waals surface area contributed by atoms with E-state index in [-0.39, 0.29) is 17.8 Å². The average molecular weight is 351 g/mol. The number of aryl methyl sites for hydroxylation is 1. The van der Waals surface area contributed by atoms with Gasteiger partial charge < -0.3 is 10.0 Å². The van der Waals surface area contributed by atoms with Crippen molar-refractivity contribution >= 4 is 43.5 Å². The molecule has 0 aliphatic carbocycles. The summed E-state index contributed by atoms with van der Waals surface area (Å²) in [5, 5.41) is 9.20. The van der Waals surface area contributed by atoms with E-state index < -0.39 is 0 Å². The van der Waals surface area contributed by atoms with Crippen molar-refractivity contribution in [2.45, 2.75) is 6.92 Å². The van der Waals surface area contributed by atoms with Gasteiger partial charge in [0.1, 0.15) is 0 Å². The predicted octanol–water partition coefficient (Wildman–Crippen LogP) is 2.48. The van der Waals surface area contributed by atoms with Gasteiger partial charge in [-0.1, -0.05) is 31.9 Å². The Hall–Kier alpha value is -0.390. The number of aliphatic hydroxyl groups excluding tert-OH is 1. The van der Waals surface area contributed by atoms with Gasteiger partial charge in [0, 0.05) is 16.7 Å². The van der Waals surface area contributed by atoms with Gasteiger partial charge >= 0.3 is 0 Å². The molecule has 1 amide bonds. The zero-order valence-corrected chi connectivity index (χ0v) is 12.1. The summed E-state index contributed by atoms with van der Waals surface area (Å²) in [5.74, 6) is -0.0595. The standard InChI is InChI=1S/C11H13Br2NO2/c1-8-6-9(2-3-10(8)13)14(4-5-15)11(16)7-12/h2-3,6,15H,4-5,7H2,1H3. The first kappa shape index (κ1) is 13.7. The molecular weight excluding hydrogens is 338 g/mol. The Balaban J connectivity index is 3.01. The number of carbonyl (C=O) groups is 1. The van der Waals surface area contributed by atoms with E-state index in [9.17, 15) is 4.79 Å². The summed E-state index contributed by atoms with van der Waals surface area (Å²) in [5.41, 5.74) is 1.86. The fourth-order valence-corrected chi connectivity index (χ4v) is 1.92. The number of alkyl halides is 1. The number of amides is 1. The summed E-state index contributed by atoms with van der Waals surface area (Å²) in [6, 6.07) is 5.67. The van der Waals surface area contributed by atoms with Crippen LogP contribution in [0.1, 0.15) is 5.56 Å². The third kappa shape index (κ3) is 3.30. The molecule has 0 fully saturated rings. The summed E-state index contributed by atoms with van der Waals surface area (Å²) in [6.45, 7) is 2.22. The van der Waals surface area contributed by atoms with Crippen LogP contribution in [0.25, 0.3) is 0 Å². The van der Waals surface area contributed by atoms with Crippen LogP contribution in [0.5, 0.6) is 0 Å². The van der Waals surface area contributed by atoms with Crippen molar-refractivity contribution in [1.29, 1.82) is 0 Å². The van der Waals surface area contributed by atoms with Crippen LogP contribution in [0.3, 0.4) is 0 Å². The molecular formula is C11H13Br2NO2. The van der Waals surface area contributed by atoms with Crippen molar-refractivity contribution in [2.24, 2.45) is 0 Å². The Labute approximate surface area is 112 Å². The van der Waals surface area contributed by atoms with E-state index in [0.717, 1.165) is 15.7 Å². The van der Waals surface area contributed by atoms with Gasteiger partial charge in [-0.25, -0.2) is 0 Å². The summed E-state index contributed by atoms with van der Waals surface area (Å²) in [6.07, 6.45) is 0. The highest BCUT2D eigenvalue weighted by atomic mass is 79.9.